The van der Waals surface area contributed by atoms with E-state index in [2.05, 4.69) is 6.92 Å². The average molecular weight is 252 g/mol. The number of aryl methyl sites for hydroxylation is 1. The second-order valence-electron chi connectivity index (χ2n) is 4.31. The van der Waals surface area contributed by atoms with Gasteiger partial charge in [0.1, 0.15) is 5.69 Å². The lowest BCUT2D eigenvalue weighted by Crippen LogP contribution is -2.28. The van der Waals surface area contributed by atoms with Gasteiger partial charge in [0.2, 0.25) is 0 Å². The van der Waals surface area contributed by atoms with Crippen molar-refractivity contribution in [2.24, 2.45) is 0 Å². The van der Waals surface area contributed by atoms with Gasteiger partial charge in [0, 0.05) is 19.2 Å². The third-order valence-electron chi connectivity index (χ3n) is 2.82. The molecule has 0 atom stereocenters. The minimum absolute atomic E-state index is 0.00515. The van der Waals surface area contributed by atoms with E-state index in [0.717, 1.165) is 24.9 Å². The van der Waals surface area contributed by atoms with Crippen molar-refractivity contribution in [2.75, 3.05) is 24.6 Å². The molecule has 0 spiro atoms. The molecule has 18 heavy (non-hydrogen) atoms. The molecule has 0 saturated carbocycles. The smallest absolute Gasteiger partial charge is 0.292 e. The lowest BCUT2D eigenvalue weighted by Gasteiger charge is -2.23. The number of aliphatic hydroxyl groups is 1. The van der Waals surface area contributed by atoms with E-state index in [-0.39, 0.29) is 17.2 Å². The van der Waals surface area contributed by atoms with Crippen LogP contribution in [-0.4, -0.2) is 29.7 Å². The van der Waals surface area contributed by atoms with Crippen molar-refractivity contribution in [1.82, 2.24) is 0 Å². The fraction of sp³-hybridized carbons (Fsp3) is 0.538. The Morgan fingerprint density at radius 2 is 2.11 bits per heavy atom. The molecule has 0 heterocycles. The molecule has 0 radical (unpaired) electrons. The number of rotatable bonds is 7. The largest absolute Gasteiger partial charge is 0.395 e. The lowest BCUT2D eigenvalue weighted by atomic mass is 10.1. The molecule has 100 valence electrons. The molecule has 1 aromatic rings. The number of anilines is 1. The zero-order chi connectivity index (χ0) is 13.5. The Hall–Kier alpha value is -1.62. The topological polar surface area (TPSA) is 66.6 Å². The molecule has 0 saturated heterocycles. The first-order valence-corrected chi connectivity index (χ1v) is 6.21. The van der Waals surface area contributed by atoms with Crippen LogP contribution in [0.5, 0.6) is 0 Å². The zero-order valence-corrected chi connectivity index (χ0v) is 10.9. The third kappa shape index (κ3) is 3.70. The summed E-state index contributed by atoms with van der Waals surface area (Å²) in [5.74, 6) is 0. The highest BCUT2D eigenvalue weighted by Crippen LogP contribution is 2.29. The number of nitro groups is 1. The predicted octanol–water partition coefficient (Wildman–Crippen LogP) is 2.50. The van der Waals surface area contributed by atoms with E-state index in [4.69, 9.17) is 5.11 Å². The molecular weight excluding hydrogens is 232 g/mol. The van der Waals surface area contributed by atoms with Crippen LogP contribution in [0.3, 0.4) is 0 Å². The molecule has 0 aromatic heterocycles. The van der Waals surface area contributed by atoms with Gasteiger partial charge in [-0.1, -0.05) is 19.4 Å². The highest BCUT2D eigenvalue weighted by molar-refractivity contribution is 5.64. The van der Waals surface area contributed by atoms with E-state index in [1.807, 2.05) is 17.9 Å². The number of nitrogens with zero attached hydrogens (tertiary/aromatic N) is 2. The van der Waals surface area contributed by atoms with Gasteiger partial charge in [0.25, 0.3) is 5.69 Å². The number of unbranched alkanes of at least 4 members (excludes halogenated alkanes) is 1. The Kier molecular flexibility index (Phi) is 5.58. The minimum atomic E-state index is -0.370. The summed E-state index contributed by atoms with van der Waals surface area (Å²) >= 11 is 0. The number of nitro benzene ring substituents is 1. The predicted molar refractivity (Wildman–Crippen MR) is 72.0 cm³/mol. The summed E-state index contributed by atoms with van der Waals surface area (Å²) in [7, 11) is 0. The van der Waals surface area contributed by atoms with Crippen molar-refractivity contribution in [2.45, 2.75) is 26.7 Å². The molecule has 0 bridgehead atoms. The van der Waals surface area contributed by atoms with E-state index < -0.39 is 0 Å². The molecule has 0 aliphatic carbocycles. The van der Waals surface area contributed by atoms with Crippen LogP contribution >= 0.6 is 0 Å². The van der Waals surface area contributed by atoms with Crippen molar-refractivity contribution in [1.29, 1.82) is 0 Å². The molecule has 1 rings (SSSR count). The lowest BCUT2D eigenvalue weighted by molar-refractivity contribution is -0.384. The molecule has 5 nitrogen and oxygen atoms in total. The molecule has 1 aromatic carbocycles. The monoisotopic (exact) mass is 252 g/mol. The minimum Gasteiger partial charge on any atom is -0.395 e. The van der Waals surface area contributed by atoms with E-state index in [1.54, 1.807) is 6.07 Å². The fourth-order valence-corrected chi connectivity index (χ4v) is 1.86. The molecule has 0 unspecified atom stereocenters. The van der Waals surface area contributed by atoms with Crippen LogP contribution < -0.4 is 4.90 Å². The van der Waals surface area contributed by atoms with Crippen LogP contribution in [-0.2, 0) is 0 Å². The first-order chi connectivity index (χ1) is 8.60. The highest BCUT2D eigenvalue weighted by Gasteiger charge is 2.18. The quantitative estimate of drug-likeness (QED) is 0.598. The average Bonchev–Trinajstić information content (AvgIpc) is 2.34. The van der Waals surface area contributed by atoms with Crippen molar-refractivity contribution in [3.63, 3.8) is 0 Å². The van der Waals surface area contributed by atoms with Crippen LogP contribution in [0.4, 0.5) is 11.4 Å². The fourth-order valence-electron chi connectivity index (χ4n) is 1.86. The maximum atomic E-state index is 11.0. The molecule has 5 heteroatoms. The first-order valence-electron chi connectivity index (χ1n) is 6.21. The van der Waals surface area contributed by atoms with Crippen LogP contribution in [0, 0.1) is 17.0 Å². The summed E-state index contributed by atoms with van der Waals surface area (Å²) in [4.78, 5) is 12.5. The SMILES string of the molecule is CCCCN(CCO)c1cc(C)ccc1[N+](=O)[O-]. The van der Waals surface area contributed by atoms with Crippen molar-refractivity contribution in [3.05, 3.63) is 33.9 Å². The Bertz CT molecular complexity index is 407. The second-order valence-corrected chi connectivity index (χ2v) is 4.31. The number of aliphatic hydroxyl groups excluding tert-OH is 1. The van der Waals surface area contributed by atoms with Crippen LogP contribution in [0.25, 0.3) is 0 Å². The summed E-state index contributed by atoms with van der Waals surface area (Å²) < 4.78 is 0. The summed E-state index contributed by atoms with van der Waals surface area (Å²) in [6.45, 7) is 5.12. The summed E-state index contributed by atoms with van der Waals surface area (Å²) in [5.41, 5.74) is 1.68. The first kappa shape index (κ1) is 14.4. The summed E-state index contributed by atoms with van der Waals surface area (Å²) in [6, 6.07) is 5.07. The van der Waals surface area contributed by atoms with E-state index in [0.29, 0.717) is 12.2 Å². The Balaban J connectivity index is 3.07. The Morgan fingerprint density at radius 3 is 2.67 bits per heavy atom. The van der Waals surface area contributed by atoms with Gasteiger partial charge < -0.3 is 10.0 Å². The summed E-state index contributed by atoms with van der Waals surface area (Å²) in [5, 5.41) is 20.1. The molecule has 0 fully saturated rings. The Labute approximate surface area is 107 Å². The summed E-state index contributed by atoms with van der Waals surface area (Å²) in [6.07, 6.45) is 1.96. The highest BCUT2D eigenvalue weighted by atomic mass is 16.6. The van der Waals surface area contributed by atoms with E-state index in [1.165, 1.54) is 6.07 Å². The van der Waals surface area contributed by atoms with Gasteiger partial charge in [0.15, 0.2) is 0 Å². The van der Waals surface area contributed by atoms with Crippen LogP contribution in [0.1, 0.15) is 25.3 Å². The van der Waals surface area contributed by atoms with Gasteiger partial charge >= 0.3 is 0 Å². The molecule has 1 N–H and O–H groups in total. The van der Waals surface area contributed by atoms with Gasteiger partial charge in [0.05, 0.1) is 11.5 Å². The van der Waals surface area contributed by atoms with Crippen molar-refractivity contribution < 1.29 is 10.0 Å². The molecule has 0 aliphatic heterocycles. The maximum Gasteiger partial charge on any atom is 0.292 e. The zero-order valence-electron chi connectivity index (χ0n) is 10.9. The second kappa shape index (κ2) is 6.96. The normalized spacial score (nSPS) is 10.4. The Morgan fingerprint density at radius 1 is 1.39 bits per heavy atom. The van der Waals surface area contributed by atoms with Gasteiger partial charge in [-0.25, -0.2) is 0 Å². The number of hydrogen-bond donors (Lipinski definition) is 1. The van der Waals surface area contributed by atoms with Gasteiger partial charge in [-0.2, -0.15) is 0 Å². The van der Waals surface area contributed by atoms with E-state index in [9.17, 15) is 10.1 Å². The molecule has 0 amide bonds. The van der Waals surface area contributed by atoms with Crippen LogP contribution in [0.15, 0.2) is 18.2 Å². The standard InChI is InChI=1S/C13H20N2O3/c1-3-4-7-14(8-9-16)13-10-11(2)5-6-12(13)15(17)18/h5-6,10,16H,3-4,7-9H2,1-2H3. The van der Waals surface area contributed by atoms with Crippen molar-refractivity contribution >= 4 is 11.4 Å². The molecule has 0 aliphatic rings. The third-order valence-corrected chi connectivity index (χ3v) is 2.82. The number of benzene rings is 1. The van der Waals surface area contributed by atoms with Gasteiger partial charge in [-0.15, -0.1) is 0 Å². The van der Waals surface area contributed by atoms with Crippen molar-refractivity contribution in [3.8, 4) is 0 Å². The molecular formula is C13H20N2O3. The number of hydrogen-bond acceptors (Lipinski definition) is 4. The van der Waals surface area contributed by atoms with Crippen LogP contribution in [0.2, 0.25) is 0 Å². The van der Waals surface area contributed by atoms with Gasteiger partial charge in [-0.05, 0) is 25.0 Å². The van der Waals surface area contributed by atoms with Gasteiger partial charge in [-0.3, -0.25) is 10.1 Å². The maximum absolute atomic E-state index is 11.0. The van der Waals surface area contributed by atoms with E-state index >= 15 is 0 Å².